The molecule has 9 heteroatoms. The smallest absolute Gasteiger partial charge is 0.548 e. The summed E-state index contributed by atoms with van der Waals surface area (Å²) in [7, 11) is 0. The molecule has 0 saturated carbocycles. The molecular weight excluding hydrogens is 549 g/mol. The van der Waals surface area contributed by atoms with Crippen molar-refractivity contribution in [2.45, 2.75) is 32.5 Å². The third kappa shape index (κ3) is 8.25. The number of para-hydroxylation sites is 1. The van der Waals surface area contributed by atoms with Crippen molar-refractivity contribution >= 4 is 29.3 Å². The number of thioether (sulfide) groups is 1. The molecule has 0 aliphatic rings. The van der Waals surface area contributed by atoms with Gasteiger partial charge in [0, 0.05) is 29.9 Å². The largest absolute Gasteiger partial charge is 1.00 e. The number of hydrogen-bond donors (Lipinski definition) is 1. The number of carboxylic acids is 1. The van der Waals surface area contributed by atoms with Gasteiger partial charge in [0.25, 0.3) is 5.91 Å². The van der Waals surface area contributed by atoms with Crippen molar-refractivity contribution in [1.82, 2.24) is 5.32 Å². The van der Waals surface area contributed by atoms with Crippen LogP contribution in [0.5, 0.6) is 0 Å². The van der Waals surface area contributed by atoms with Gasteiger partial charge in [-0.1, -0.05) is 60.7 Å². The van der Waals surface area contributed by atoms with Gasteiger partial charge in [-0.15, -0.1) is 0 Å². The number of aryl methyl sites for hydroxylation is 1. The molecule has 212 valence electrons. The second kappa shape index (κ2) is 15.6. The number of hydrogen-bond acceptors (Lipinski definition) is 5. The minimum Gasteiger partial charge on any atom is -0.548 e. The molecule has 0 saturated heterocycles. The monoisotopic (exact) mass is 580 g/mol. The molecule has 0 radical (unpaired) electrons. The van der Waals surface area contributed by atoms with Crippen LogP contribution in [0, 0.1) is 18.6 Å². The third-order valence-corrected chi connectivity index (χ3v) is 7.50. The zero-order valence-corrected chi connectivity index (χ0v) is 24.7. The number of carbonyl (C=O) groups is 2. The summed E-state index contributed by atoms with van der Waals surface area (Å²) in [5, 5.41) is 14.3. The Morgan fingerprint density at radius 3 is 2.31 bits per heavy atom. The molecular formula is C33H31F2LiN2O3S. The van der Waals surface area contributed by atoms with Crippen LogP contribution in [0.15, 0.2) is 91.0 Å². The quantitative estimate of drug-likeness (QED) is 0.261. The second-order valence-electron chi connectivity index (χ2n) is 9.73. The Balaban J connectivity index is 0.00000484. The molecule has 0 aliphatic carbocycles. The zero-order valence-electron chi connectivity index (χ0n) is 23.9. The second-order valence-corrected chi connectivity index (χ2v) is 10.7. The summed E-state index contributed by atoms with van der Waals surface area (Å²) in [5.41, 5.74) is 4.63. The van der Waals surface area contributed by atoms with Gasteiger partial charge in [-0.3, -0.25) is 4.79 Å². The molecule has 0 aromatic heterocycles. The molecule has 0 bridgehead atoms. The summed E-state index contributed by atoms with van der Waals surface area (Å²) < 4.78 is 28.6. The number of halogens is 2. The van der Waals surface area contributed by atoms with E-state index in [1.807, 2.05) is 78.7 Å². The fraction of sp³-hybridized carbons (Fsp3) is 0.212. The minimum absolute atomic E-state index is 0. The molecule has 4 aromatic carbocycles. The Morgan fingerprint density at radius 2 is 1.62 bits per heavy atom. The number of rotatable bonds is 12. The molecule has 0 unspecified atom stereocenters. The average molecular weight is 581 g/mol. The van der Waals surface area contributed by atoms with Gasteiger partial charge in [-0.2, -0.15) is 11.8 Å². The molecule has 0 aliphatic heterocycles. The van der Waals surface area contributed by atoms with Crippen LogP contribution in [-0.4, -0.2) is 29.9 Å². The van der Waals surface area contributed by atoms with Crippen molar-refractivity contribution < 1.29 is 42.3 Å². The first-order chi connectivity index (χ1) is 19.8. The van der Waals surface area contributed by atoms with E-state index >= 15 is 0 Å². The first-order valence-corrected chi connectivity index (χ1v) is 14.6. The van der Waals surface area contributed by atoms with Gasteiger partial charge in [-0.25, -0.2) is 8.78 Å². The van der Waals surface area contributed by atoms with Crippen LogP contribution in [0.3, 0.4) is 0 Å². The van der Waals surface area contributed by atoms with Crippen molar-refractivity contribution in [2.75, 3.05) is 16.9 Å². The molecule has 0 fully saturated rings. The third-order valence-electron chi connectivity index (χ3n) is 6.85. The Bertz CT molecular complexity index is 1520. The topological polar surface area (TPSA) is 72.5 Å². The van der Waals surface area contributed by atoms with Crippen LogP contribution < -0.4 is 34.2 Å². The van der Waals surface area contributed by atoms with Crippen molar-refractivity contribution in [2.24, 2.45) is 0 Å². The SMILES string of the molecule is CSCC[C@H](NC(=O)c1ccc(CN(Cc2cccc(F)c2F)c2ccccc2)cc1-c1ccccc1C)C(=O)[O-].[Li+]. The Labute approximate surface area is 261 Å². The van der Waals surface area contributed by atoms with Crippen molar-refractivity contribution in [3.8, 4) is 11.1 Å². The number of nitrogens with one attached hydrogen (secondary N) is 1. The van der Waals surface area contributed by atoms with Gasteiger partial charge < -0.3 is 20.1 Å². The summed E-state index contributed by atoms with van der Waals surface area (Å²) in [5.74, 6) is -3.06. The van der Waals surface area contributed by atoms with E-state index in [4.69, 9.17) is 0 Å². The first kappa shape index (κ1) is 32.9. The van der Waals surface area contributed by atoms with Crippen LogP contribution in [0.2, 0.25) is 0 Å². The molecule has 0 heterocycles. The minimum atomic E-state index is -1.33. The Morgan fingerprint density at radius 1 is 0.905 bits per heavy atom. The molecule has 1 amide bonds. The number of carboxylic acid groups (broad SMARTS) is 1. The molecule has 1 atom stereocenters. The van der Waals surface area contributed by atoms with E-state index in [0.717, 1.165) is 28.4 Å². The fourth-order valence-corrected chi connectivity index (χ4v) is 5.15. The van der Waals surface area contributed by atoms with E-state index in [0.29, 0.717) is 23.4 Å². The molecule has 4 rings (SSSR count). The molecule has 4 aromatic rings. The summed E-state index contributed by atoms with van der Waals surface area (Å²) >= 11 is 1.49. The maximum Gasteiger partial charge on any atom is 1.00 e. The van der Waals surface area contributed by atoms with Gasteiger partial charge in [0.1, 0.15) is 0 Å². The van der Waals surface area contributed by atoms with Gasteiger partial charge in [0.2, 0.25) is 0 Å². The van der Waals surface area contributed by atoms with E-state index in [-0.39, 0.29) is 37.4 Å². The van der Waals surface area contributed by atoms with E-state index < -0.39 is 29.6 Å². The molecule has 1 N–H and O–H groups in total. The summed E-state index contributed by atoms with van der Waals surface area (Å²) in [6, 6.07) is 25.5. The Kier molecular flexibility index (Phi) is 12.2. The Hall–Kier alpha value is -3.57. The predicted molar refractivity (Wildman–Crippen MR) is 159 cm³/mol. The van der Waals surface area contributed by atoms with E-state index in [9.17, 15) is 23.5 Å². The maximum atomic E-state index is 14.6. The number of amides is 1. The summed E-state index contributed by atoms with van der Waals surface area (Å²) in [6.07, 6.45) is 2.11. The van der Waals surface area contributed by atoms with Crippen LogP contribution in [0.4, 0.5) is 14.5 Å². The normalized spacial score (nSPS) is 11.3. The first-order valence-electron chi connectivity index (χ1n) is 13.2. The molecule has 5 nitrogen and oxygen atoms in total. The van der Waals surface area contributed by atoms with E-state index in [2.05, 4.69) is 5.32 Å². The number of aliphatic carboxylic acids is 1. The summed E-state index contributed by atoms with van der Waals surface area (Å²) in [6.45, 7) is 2.41. The standard InChI is InChI=1S/C33H32F2N2O3S.Li/c1-22-9-6-7-13-26(22)28-19-23(15-16-27(28)32(38)36-30(33(39)40)17-18-41-2)20-37(25-11-4-3-5-12-25)21-24-10-8-14-29(34)31(24)35;/h3-16,19,30H,17-18,20-21H2,1-2H3,(H,36,38)(H,39,40);/q;+1/p-1/t30-;/m0./s1. The van der Waals surface area contributed by atoms with E-state index in [1.54, 1.807) is 18.2 Å². The number of nitrogens with zero attached hydrogens (tertiary/aromatic N) is 1. The van der Waals surface area contributed by atoms with Crippen molar-refractivity contribution in [3.05, 3.63) is 125 Å². The van der Waals surface area contributed by atoms with E-state index in [1.165, 1.54) is 17.8 Å². The molecule has 0 spiro atoms. The van der Waals surface area contributed by atoms with Gasteiger partial charge >= 0.3 is 18.9 Å². The van der Waals surface area contributed by atoms with Gasteiger partial charge in [-0.05, 0) is 77.9 Å². The van der Waals surface area contributed by atoms with Crippen LogP contribution >= 0.6 is 11.8 Å². The predicted octanol–water partition coefficient (Wildman–Crippen LogP) is 2.75. The number of anilines is 1. The fourth-order valence-electron chi connectivity index (χ4n) is 4.68. The average Bonchev–Trinajstić information content (AvgIpc) is 2.97. The van der Waals surface area contributed by atoms with Crippen molar-refractivity contribution in [3.63, 3.8) is 0 Å². The van der Waals surface area contributed by atoms with Crippen LogP contribution in [0.25, 0.3) is 11.1 Å². The van der Waals surface area contributed by atoms with Gasteiger partial charge in [0.15, 0.2) is 11.6 Å². The van der Waals surface area contributed by atoms with Crippen molar-refractivity contribution in [1.29, 1.82) is 0 Å². The maximum absolute atomic E-state index is 14.6. The van der Waals surface area contributed by atoms with Crippen LogP contribution in [-0.2, 0) is 17.9 Å². The summed E-state index contributed by atoms with van der Waals surface area (Å²) in [4.78, 5) is 27.0. The molecule has 42 heavy (non-hydrogen) atoms. The number of benzene rings is 4. The zero-order chi connectivity index (χ0) is 29.4. The van der Waals surface area contributed by atoms with Crippen LogP contribution in [0.1, 0.15) is 33.5 Å². The van der Waals surface area contributed by atoms with Gasteiger partial charge in [0.05, 0.1) is 12.0 Å². The number of carbonyl (C=O) groups excluding carboxylic acids is 2.